The molecular formula is C20H21FN2O4. The van der Waals surface area contributed by atoms with E-state index in [1.807, 2.05) is 6.07 Å². The summed E-state index contributed by atoms with van der Waals surface area (Å²) in [4.78, 5) is 11.9. The molecule has 1 fully saturated rings. The van der Waals surface area contributed by atoms with Gasteiger partial charge in [0.25, 0.3) is 0 Å². The average molecular weight is 372 g/mol. The number of halogens is 1. The molecule has 0 aliphatic carbocycles. The predicted molar refractivity (Wildman–Crippen MR) is 96.3 cm³/mol. The minimum Gasteiger partial charge on any atom is -0.496 e. The number of ether oxygens (including phenoxy) is 3. The topological polar surface area (TPSA) is 68.8 Å². The summed E-state index contributed by atoms with van der Waals surface area (Å²) in [6, 6.07) is 9.70. The summed E-state index contributed by atoms with van der Waals surface area (Å²) in [7, 11) is 1.60. The van der Waals surface area contributed by atoms with Crippen LogP contribution in [0.1, 0.15) is 30.0 Å². The molecule has 2 atom stereocenters. The molecule has 0 radical (unpaired) electrons. The van der Waals surface area contributed by atoms with E-state index in [9.17, 15) is 9.18 Å². The van der Waals surface area contributed by atoms with E-state index in [1.54, 1.807) is 31.4 Å². The van der Waals surface area contributed by atoms with Crippen LogP contribution in [-0.4, -0.2) is 25.9 Å². The molecule has 2 N–H and O–H groups in total. The molecule has 2 aromatic carbocycles. The van der Waals surface area contributed by atoms with Crippen molar-refractivity contribution < 1.29 is 23.4 Å². The van der Waals surface area contributed by atoms with E-state index in [4.69, 9.17) is 14.2 Å². The third kappa shape index (κ3) is 3.55. The molecule has 0 unspecified atom stereocenters. The van der Waals surface area contributed by atoms with Gasteiger partial charge in [-0.25, -0.2) is 4.39 Å². The van der Waals surface area contributed by atoms with Crippen LogP contribution in [0.5, 0.6) is 17.2 Å². The number of piperidine rings is 1. The first-order chi connectivity index (χ1) is 13.2. The van der Waals surface area contributed by atoms with Gasteiger partial charge in [0.1, 0.15) is 11.6 Å². The molecule has 2 heterocycles. The van der Waals surface area contributed by atoms with Crippen molar-refractivity contribution in [3.63, 3.8) is 0 Å². The van der Waals surface area contributed by atoms with Crippen molar-refractivity contribution in [1.29, 1.82) is 0 Å². The van der Waals surface area contributed by atoms with E-state index >= 15 is 0 Å². The molecule has 27 heavy (non-hydrogen) atoms. The van der Waals surface area contributed by atoms with Gasteiger partial charge in [0.15, 0.2) is 11.5 Å². The van der Waals surface area contributed by atoms with Gasteiger partial charge in [0, 0.05) is 36.2 Å². The predicted octanol–water partition coefficient (Wildman–Crippen LogP) is 2.67. The van der Waals surface area contributed by atoms with Crippen LogP contribution in [0.15, 0.2) is 36.4 Å². The number of amides is 1. The first kappa shape index (κ1) is 17.6. The Bertz CT molecular complexity index is 858. The van der Waals surface area contributed by atoms with E-state index < -0.39 is 6.04 Å². The summed E-state index contributed by atoms with van der Waals surface area (Å²) in [5.74, 6) is 1.63. The van der Waals surface area contributed by atoms with Crippen molar-refractivity contribution in [1.82, 2.24) is 10.6 Å². The van der Waals surface area contributed by atoms with Crippen molar-refractivity contribution in [2.24, 2.45) is 0 Å². The molecule has 1 amide bonds. The van der Waals surface area contributed by atoms with Crippen LogP contribution >= 0.6 is 0 Å². The molecule has 0 bridgehead atoms. The van der Waals surface area contributed by atoms with Crippen LogP contribution in [0.25, 0.3) is 0 Å². The molecule has 6 nitrogen and oxygen atoms in total. The number of benzene rings is 2. The highest BCUT2D eigenvalue weighted by molar-refractivity contribution is 5.77. The molecule has 2 aromatic rings. The lowest BCUT2D eigenvalue weighted by Gasteiger charge is -2.33. The Labute approximate surface area is 156 Å². The second-order valence-electron chi connectivity index (χ2n) is 6.61. The molecule has 0 saturated carbocycles. The van der Waals surface area contributed by atoms with E-state index in [2.05, 4.69) is 10.6 Å². The Kier molecular flexibility index (Phi) is 4.85. The summed E-state index contributed by atoms with van der Waals surface area (Å²) >= 11 is 0. The zero-order valence-electron chi connectivity index (χ0n) is 15.0. The van der Waals surface area contributed by atoms with E-state index in [0.29, 0.717) is 42.2 Å². The van der Waals surface area contributed by atoms with Crippen molar-refractivity contribution in [3.05, 3.63) is 53.3 Å². The minimum absolute atomic E-state index is 0.0676. The monoisotopic (exact) mass is 372 g/mol. The highest BCUT2D eigenvalue weighted by Gasteiger charge is 2.31. The normalized spacial score (nSPS) is 21.0. The number of methoxy groups -OCH3 is 1. The van der Waals surface area contributed by atoms with Gasteiger partial charge in [-0.2, -0.15) is 0 Å². The van der Waals surface area contributed by atoms with E-state index in [1.165, 1.54) is 6.07 Å². The minimum atomic E-state index is -0.424. The van der Waals surface area contributed by atoms with Gasteiger partial charge in [0.2, 0.25) is 12.7 Å². The molecule has 4 rings (SSSR count). The standard InChI is InChI=1S/C20H21FN2O4/c1-25-16-9-18-17(26-11-27-18)8-12(16)10-22-15-6-7-19(24)23-20(15)13-4-2-3-5-14(13)21/h2-5,8-9,15,20,22H,6-7,10-11H2,1H3,(H,23,24)/t15-,20+/m1/s1. The Morgan fingerprint density at radius 2 is 2.04 bits per heavy atom. The van der Waals surface area contributed by atoms with E-state index in [-0.39, 0.29) is 24.6 Å². The highest BCUT2D eigenvalue weighted by atomic mass is 19.1. The van der Waals surface area contributed by atoms with Gasteiger partial charge in [-0.3, -0.25) is 4.79 Å². The number of hydrogen-bond donors (Lipinski definition) is 2. The zero-order chi connectivity index (χ0) is 18.8. The zero-order valence-corrected chi connectivity index (χ0v) is 15.0. The number of hydrogen-bond acceptors (Lipinski definition) is 5. The van der Waals surface area contributed by atoms with Gasteiger partial charge >= 0.3 is 0 Å². The first-order valence-electron chi connectivity index (χ1n) is 8.89. The summed E-state index contributed by atoms with van der Waals surface area (Å²) in [5, 5.41) is 6.36. The molecular weight excluding hydrogens is 351 g/mol. The van der Waals surface area contributed by atoms with E-state index in [0.717, 1.165) is 5.56 Å². The summed E-state index contributed by atoms with van der Waals surface area (Å²) < 4.78 is 30.5. The third-order valence-electron chi connectivity index (χ3n) is 4.97. The van der Waals surface area contributed by atoms with Crippen molar-refractivity contribution in [3.8, 4) is 17.2 Å². The molecule has 0 aromatic heterocycles. The Morgan fingerprint density at radius 3 is 2.81 bits per heavy atom. The lowest BCUT2D eigenvalue weighted by molar-refractivity contribution is -0.123. The van der Waals surface area contributed by atoms with Crippen LogP contribution in [0, 0.1) is 5.82 Å². The fourth-order valence-corrected chi connectivity index (χ4v) is 3.58. The maximum Gasteiger partial charge on any atom is 0.231 e. The first-order valence-corrected chi connectivity index (χ1v) is 8.89. The summed E-state index contributed by atoms with van der Waals surface area (Å²) in [6.07, 6.45) is 1.03. The van der Waals surface area contributed by atoms with Crippen LogP contribution in [0.2, 0.25) is 0 Å². The number of rotatable bonds is 5. The quantitative estimate of drug-likeness (QED) is 0.845. The second kappa shape index (κ2) is 7.44. The third-order valence-corrected chi connectivity index (χ3v) is 4.97. The van der Waals surface area contributed by atoms with Gasteiger partial charge in [-0.05, 0) is 18.6 Å². The number of nitrogens with one attached hydrogen (secondary N) is 2. The largest absolute Gasteiger partial charge is 0.496 e. The van der Waals surface area contributed by atoms with Crippen LogP contribution in [0.4, 0.5) is 4.39 Å². The van der Waals surface area contributed by atoms with Crippen LogP contribution < -0.4 is 24.8 Å². The number of carbonyl (C=O) groups excluding carboxylic acids is 1. The molecule has 2 aliphatic heterocycles. The maximum atomic E-state index is 14.3. The second-order valence-corrected chi connectivity index (χ2v) is 6.61. The van der Waals surface area contributed by atoms with Crippen molar-refractivity contribution in [2.45, 2.75) is 31.5 Å². The van der Waals surface area contributed by atoms with Gasteiger partial charge in [-0.15, -0.1) is 0 Å². The Hall–Kier alpha value is -2.80. The molecule has 0 spiro atoms. The molecule has 2 aliphatic rings. The number of carbonyl (C=O) groups is 1. The molecule has 142 valence electrons. The Balaban J connectivity index is 1.54. The van der Waals surface area contributed by atoms with Crippen molar-refractivity contribution in [2.75, 3.05) is 13.9 Å². The van der Waals surface area contributed by atoms with Gasteiger partial charge in [-0.1, -0.05) is 18.2 Å². The summed E-state index contributed by atoms with van der Waals surface area (Å²) in [5.41, 5.74) is 1.40. The number of fused-ring (bicyclic) bond motifs is 1. The Morgan fingerprint density at radius 1 is 1.26 bits per heavy atom. The molecule has 1 saturated heterocycles. The molecule has 7 heteroatoms. The van der Waals surface area contributed by atoms with Gasteiger partial charge < -0.3 is 24.8 Å². The smallest absolute Gasteiger partial charge is 0.231 e. The summed E-state index contributed by atoms with van der Waals surface area (Å²) in [6.45, 7) is 0.685. The van der Waals surface area contributed by atoms with Gasteiger partial charge in [0.05, 0.1) is 13.2 Å². The van der Waals surface area contributed by atoms with Crippen molar-refractivity contribution >= 4 is 5.91 Å². The average Bonchev–Trinajstić information content (AvgIpc) is 3.14. The fraction of sp³-hybridized carbons (Fsp3) is 0.350. The van der Waals surface area contributed by atoms with Crippen LogP contribution in [0.3, 0.4) is 0 Å². The van der Waals surface area contributed by atoms with Crippen LogP contribution in [-0.2, 0) is 11.3 Å². The maximum absolute atomic E-state index is 14.3. The fourth-order valence-electron chi connectivity index (χ4n) is 3.58. The SMILES string of the molecule is COc1cc2c(cc1CN[C@@H]1CCC(=O)N[C@H]1c1ccccc1F)OCO2. The lowest BCUT2D eigenvalue weighted by Crippen LogP contribution is -2.48. The lowest BCUT2D eigenvalue weighted by atomic mass is 9.91. The highest BCUT2D eigenvalue weighted by Crippen LogP contribution is 2.38.